The maximum atomic E-state index is 11.5. The van der Waals surface area contributed by atoms with Crippen molar-refractivity contribution in [1.29, 1.82) is 0 Å². The average Bonchev–Trinajstić information content (AvgIpc) is 2.45. The Morgan fingerprint density at radius 1 is 1.18 bits per heavy atom. The second-order valence-electron chi connectivity index (χ2n) is 5.92. The van der Waals surface area contributed by atoms with Gasteiger partial charge >= 0.3 is 5.69 Å². The topological polar surface area (TPSA) is 84.2 Å². The van der Waals surface area contributed by atoms with Crippen LogP contribution in [0, 0.1) is 10.1 Å². The fraction of sp³-hybridized carbons (Fsp3) is 0.333. The van der Waals surface area contributed by atoms with Crippen LogP contribution in [0.3, 0.4) is 0 Å². The van der Waals surface area contributed by atoms with Gasteiger partial charge in [0.2, 0.25) is 11.6 Å². The molecule has 1 N–H and O–H groups in total. The Hall–Kier alpha value is -2.70. The molecule has 1 aromatic heterocycles. The van der Waals surface area contributed by atoms with E-state index in [1.165, 1.54) is 6.33 Å². The first-order valence-corrected chi connectivity index (χ1v) is 6.86. The molecule has 0 amide bonds. The van der Waals surface area contributed by atoms with Crippen molar-refractivity contribution in [3.8, 4) is 0 Å². The minimum absolute atomic E-state index is 0.135. The predicted octanol–water partition coefficient (Wildman–Crippen LogP) is 3.36. The number of hydrogen-bond donors (Lipinski definition) is 1. The first-order chi connectivity index (χ1) is 10.3. The number of benzene rings is 1. The van der Waals surface area contributed by atoms with E-state index >= 15 is 0 Å². The Morgan fingerprint density at radius 3 is 2.36 bits per heavy atom. The summed E-state index contributed by atoms with van der Waals surface area (Å²) in [5, 5.41) is 14.6. The molecule has 7 heteroatoms. The van der Waals surface area contributed by atoms with E-state index in [9.17, 15) is 10.1 Å². The minimum Gasteiger partial charge on any atom is -0.360 e. The van der Waals surface area contributed by atoms with E-state index in [0.29, 0.717) is 0 Å². The lowest BCUT2D eigenvalue weighted by atomic mass is 10.1. The van der Waals surface area contributed by atoms with Gasteiger partial charge in [0.25, 0.3) is 0 Å². The summed E-state index contributed by atoms with van der Waals surface area (Å²) in [6, 6.07) is 9.35. The van der Waals surface area contributed by atoms with Gasteiger partial charge in [-0.1, -0.05) is 18.2 Å². The van der Waals surface area contributed by atoms with Gasteiger partial charge < -0.3 is 10.2 Å². The smallest absolute Gasteiger partial charge is 0.353 e. The van der Waals surface area contributed by atoms with Gasteiger partial charge in [-0.3, -0.25) is 10.1 Å². The fourth-order valence-electron chi connectivity index (χ4n) is 2.00. The van der Waals surface area contributed by atoms with Crippen molar-refractivity contribution in [2.24, 2.45) is 0 Å². The lowest BCUT2D eigenvalue weighted by molar-refractivity contribution is -0.383. The molecule has 0 saturated carbocycles. The first-order valence-electron chi connectivity index (χ1n) is 6.86. The average molecular weight is 301 g/mol. The summed E-state index contributed by atoms with van der Waals surface area (Å²) in [4.78, 5) is 20.9. The summed E-state index contributed by atoms with van der Waals surface area (Å²) in [5.41, 5.74) is 0.330. The van der Waals surface area contributed by atoms with E-state index in [4.69, 9.17) is 0 Å². The van der Waals surface area contributed by atoms with Crippen LogP contribution in [0.15, 0.2) is 36.7 Å². The van der Waals surface area contributed by atoms with Gasteiger partial charge in [0.05, 0.1) is 4.92 Å². The standard InChI is InChI=1S/C15H19N5O2/c1-15(2,3)18-13-12(20(21)22)14(17-10-16-13)19(4)11-8-6-5-7-9-11/h5-10H,1-4H3,(H,16,17,18). The highest BCUT2D eigenvalue weighted by molar-refractivity contribution is 5.75. The van der Waals surface area contributed by atoms with Crippen LogP contribution in [-0.4, -0.2) is 27.5 Å². The fourth-order valence-corrected chi connectivity index (χ4v) is 2.00. The molecular formula is C15H19N5O2. The van der Waals surface area contributed by atoms with Crippen LogP contribution in [0.5, 0.6) is 0 Å². The maximum absolute atomic E-state index is 11.5. The SMILES string of the molecule is CN(c1ccccc1)c1ncnc(NC(C)(C)C)c1[N+](=O)[O-]. The molecule has 0 fully saturated rings. The molecule has 0 radical (unpaired) electrons. The summed E-state index contributed by atoms with van der Waals surface area (Å²) in [6.45, 7) is 5.75. The zero-order valence-corrected chi connectivity index (χ0v) is 13.1. The highest BCUT2D eigenvalue weighted by Crippen LogP contribution is 2.35. The molecule has 0 spiro atoms. The van der Waals surface area contributed by atoms with Gasteiger partial charge in [-0.25, -0.2) is 9.97 Å². The van der Waals surface area contributed by atoms with Crippen molar-refractivity contribution in [3.63, 3.8) is 0 Å². The Bertz CT molecular complexity index is 667. The Labute approximate surface area is 129 Å². The molecule has 116 valence electrons. The molecule has 2 aromatic rings. The van der Waals surface area contributed by atoms with E-state index < -0.39 is 4.92 Å². The van der Waals surface area contributed by atoms with Crippen LogP contribution < -0.4 is 10.2 Å². The zero-order valence-electron chi connectivity index (χ0n) is 13.1. The van der Waals surface area contributed by atoms with Crippen molar-refractivity contribution >= 4 is 23.0 Å². The zero-order chi connectivity index (χ0) is 16.3. The van der Waals surface area contributed by atoms with Crippen molar-refractivity contribution in [2.75, 3.05) is 17.3 Å². The molecule has 2 rings (SSSR count). The summed E-state index contributed by atoms with van der Waals surface area (Å²) in [5.74, 6) is 0.461. The molecular weight excluding hydrogens is 282 g/mol. The second kappa shape index (κ2) is 5.97. The number of hydrogen-bond acceptors (Lipinski definition) is 6. The van der Waals surface area contributed by atoms with Crippen LogP contribution in [0.1, 0.15) is 20.8 Å². The molecule has 22 heavy (non-hydrogen) atoms. The lowest BCUT2D eigenvalue weighted by Crippen LogP contribution is -2.28. The largest absolute Gasteiger partial charge is 0.360 e. The molecule has 0 aliphatic heterocycles. The molecule has 0 bridgehead atoms. The van der Waals surface area contributed by atoms with E-state index in [1.54, 1.807) is 11.9 Å². The molecule has 0 aliphatic carbocycles. The predicted molar refractivity (Wildman–Crippen MR) is 86.6 cm³/mol. The van der Waals surface area contributed by atoms with Gasteiger partial charge in [0.1, 0.15) is 6.33 Å². The van der Waals surface area contributed by atoms with Crippen LogP contribution in [0.25, 0.3) is 0 Å². The monoisotopic (exact) mass is 301 g/mol. The third-order valence-corrected chi connectivity index (χ3v) is 2.94. The summed E-state index contributed by atoms with van der Waals surface area (Å²) in [7, 11) is 1.74. The molecule has 0 atom stereocenters. The van der Waals surface area contributed by atoms with E-state index in [1.807, 2.05) is 51.1 Å². The Morgan fingerprint density at radius 2 is 1.82 bits per heavy atom. The van der Waals surface area contributed by atoms with E-state index in [2.05, 4.69) is 15.3 Å². The molecule has 1 heterocycles. The minimum atomic E-state index is -0.456. The van der Waals surface area contributed by atoms with Crippen molar-refractivity contribution in [1.82, 2.24) is 9.97 Å². The third-order valence-electron chi connectivity index (χ3n) is 2.94. The molecule has 0 unspecified atom stereocenters. The van der Waals surface area contributed by atoms with Crippen LogP contribution in [0.4, 0.5) is 23.0 Å². The molecule has 0 saturated heterocycles. The third kappa shape index (κ3) is 3.49. The van der Waals surface area contributed by atoms with E-state index in [0.717, 1.165) is 5.69 Å². The Kier molecular flexibility index (Phi) is 4.25. The highest BCUT2D eigenvalue weighted by atomic mass is 16.6. The lowest BCUT2D eigenvalue weighted by Gasteiger charge is -2.23. The number of nitrogens with one attached hydrogen (secondary N) is 1. The van der Waals surface area contributed by atoms with Crippen LogP contribution in [0.2, 0.25) is 0 Å². The number of nitro groups is 1. The number of para-hydroxylation sites is 1. The first kappa shape index (κ1) is 15.7. The van der Waals surface area contributed by atoms with Crippen LogP contribution in [-0.2, 0) is 0 Å². The normalized spacial score (nSPS) is 11.1. The quantitative estimate of drug-likeness (QED) is 0.688. The summed E-state index contributed by atoms with van der Waals surface area (Å²) >= 11 is 0. The van der Waals surface area contributed by atoms with Crippen LogP contribution >= 0.6 is 0 Å². The van der Waals surface area contributed by atoms with Gasteiger partial charge in [-0.05, 0) is 32.9 Å². The molecule has 0 aliphatic rings. The van der Waals surface area contributed by atoms with Gasteiger partial charge in [-0.2, -0.15) is 0 Å². The highest BCUT2D eigenvalue weighted by Gasteiger charge is 2.28. The van der Waals surface area contributed by atoms with Gasteiger partial charge in [0, 0.05) is 18.3 Å². The molecule has 7 nitrogen and oxygen atoms in total. The summed E-state index contributed by atoms with van der Waals surface area (Å²) < 4.78 is 0. The summed E-state index contributed by atoms with van der Waals surface area (Å²) in [6.07, 6.45) is 1.33. The molecule has 1 aromatic carbocycles. The van der Waals surface area contributed by atoms with Crippen molar-refractivity contribution in [3.05, 3.63) is 46.8 Å². The number of rotatable bonds is 4. The number of aromatic nitrogens is 2. The second-order valence-corrected chi connectivity index (χ2v) is 5.92. The Balaban J connectivity index is 2.52. The van der Waals surface area contributed by atoms with Gasteiger partial charge in [0.15, 0.2) is 0 Å². The van der Waals surface area contributed by atoms with Crippen molar-refractivity contribution < 1.29 is 4.92 Å². The maximum Gasteiger partial charge on any atom is 0.353 e. The van der Waals surface area contributed by atoms with E-state index in [-0.39, 0.29) is 22.9 Å². The van der Waals surface area contributed by atoms with Crippen molar-refractivity contribution in [2.45, 2.75) is 26.3 Å². The number of anilines is 3. The van der Waals surface area contributed by atoms with Gasteiger partial charge in [-0.15, -0.1) is 0 Å². The number of nitrogens with zero attached hydrogens (tertiary/aromatic N) is 4.